The highest BCUT2D eigenvalue weighted by Gasteiger charge is 2.17. The molecular formula is C16H23ClO4. The number of aryl methyl sites for hydroxylation is 1. The molecule has 5 heteroatoms. The molecule has 4 nitrogen and oxygen atoms in total. The first kappa shape index (κ1) is 17.8. The van der Waals surface area contributed by atoms with Crippen LogP contribution in [0.4, 0.5) is 0 Å². The third-order valence-corrected chi connectivity index (χ3v) is 3.12. The molecule has 0 aliphatic rings. The number of unbranched alkanes of at least 4 members (excludes halogenated alkanes) is 1. The Kier molecular flexibility index (Phi) is 8.16. The molecule has 0 bridgehead atoms. The van der Waals surface area contributed by atoms with Crippen molar-refractivity contribution in [3.05, 3.63) is 28.8 Å². The average Bonchev–Trinajstić information content (AvgIpc) is 2.45. The maximum absolute atomic E-state index is 11.8. The topological polar surface area (TPSA) is 44.8 Å². The lowest BCUT2D eigenvalue weighted by Crippen LogP contribution is -2.27. The predicted molar refractivity (Wildman–Crippen MR) is 83.0 cm³/mol. The molecule has 1 rings (SSSR count). The fourth-order valence-corrected chi connectivity index (χ4v) is 1.88. The van der Waals surface area contributed by atoms with Crippen LogP contribution < -0.4 is 4.74 Å². The van der Waals surface area contributed by atoms with Crippen LogP contribution in [0.1, 0.15) is 32.3 Å². The SMILES string of the molecule is CCCCOCCOC(=O)C(C)Oc1ccc(Cl)cc1C. The zero-order valence-corrected chi connectivity index (χ0v) is 13.6. The molecule has 1 aromatic rings. The van der Waals surface area contributed by atoms with Crippen molar-refractivity contribution < 1.29 is 19.0 Å². The minimum atomic E-state index is -0.666. The minimum absolute atomic E-state index is 0.246. The van der Waals surface area contributed by atoms with E-state index in [1.807, 2.05) is 6.92 Å². The van der Waals surface area contributed by atoms with Crippen molar-refractivity contribution in [2.24, 2.45) is 0 Å². The zero-order chi connectivity index (χ0) is 15.7. The Hall–Kier alpha value is -1.26. The van der Waals surface area contributed by atoms with Crippen molar-refractivity contribution in [2.75, 3.05) is 19.8 Å². The standard InChI is InChI=1S/C16H23ClO4/c1-4-5-8-19-9-10-20-16(18)13(3)21-15-7-6-14(17)11-12(15)2/h6-7,11,13H,4-5,8-10H2,1-3H3. The highest BCUT2D eigenvalue weighted by atomic mass is 35.5. The first-order valence-corrected chi connectivity index (χ1v) is 7.59. The van der Waals surface area contributed by atoms with E-state index in [-0.39, 0.29) is 6.61 Å². The van der Waals surface area contributed by atoms with Gasteiger partial charge in [-0.25, -0.2) is 4.79 Å². The first-order valence-electron chi connectivity index (χ1n) is 7.21. The van der Waals surface area contributed by atoms with Crippen molar-refractivity contribution >= 4 is 17.6 Å². The van der Waals surface area contributed by atoms with Gasteiger partial charge >= 0.3 is 5.97 Å². The number of hydrogen-bond donors (Lipinski definition) is 0. The molecule has 1 aromatic carbocycles. The van der Waals surface area contributed by atoms with Crippen molar-refractivity contribution in [2.45, 2.75) is 39.7 Å². The van der Waals surface area contributed by atoms with Crippen molar-refractivity contribution in [3.63, 3.8) is 0 Å². The molecule has 0 spiro atoms. The van der Waals surface area contributed by atoms with Crippen molar-refractivity contribution in [1.29, 1.82) is 0 Å². The molecule has 1 unspecified atom stereocenters. The molecule has 0 aromatic heterocycles. The van der Waals surface area contributed by atoms with E-state index in [2.05, 4.69) is 6.92 Å². The van der Waals surface area contributed by atoms with Crippen LogP contribution in [0, 0.1) is 6.92 Å². The fourth-order valence-electron chi connectivity index (χ4n) is 1.65. The molecule has 0 saturated heterocycles. The van der Waals surface area contributed by atoms with E-state index in [0.717, 1.165) is 18.4 Å². The first-order chi connectivity index (χ1) is 10.0. The molecule has 0 saturated carbocycles. The number of ether oxygens (including phenoxy) is 3. The van der Waals surface area contributed by atoms with Gasteiger partial charge in [0.15, 0.2) is 6.10 Å². The number of esters is 1. The Morgan fingerprint density at radius 3 is 2.71 bits per heavy atom. The molecular weight excluding hydrogens is 292 g/mol. The van der Waals surface area contributed by atoms with Gasteiger partial charge in [0.2, 0.25) is 0 Å². The Bertz CT molecular complexity index is 448. The smallest absolute Gasteiger partial charge is 0.347 e. The van der Waals surface area contributed by atoms with Crippen LogP contribution in [-0.4, -0.2) is 31.9 Å². The molecule has 0 fully saturated rings. The molecule has 0 heterocycles. The van der Waals surface area contributed by atoms with Crippen molar-refractivity contribution in [3.8, 4) is 5.75 Å². The van der Waals surface area contributed by atoms with E-state index in [1.165, 1.54) is 0 Å². The largest absolute Gasteiger partial charge is 0.479 e. The third-order valence-electron chi connectivity index (χ3n) is 2.89. The monoisotopic (exact) mass is 314 g/mol. The molecule has 0 amide bonds. The van der Waals surface area contributed by atoms with Crippen LogP contribution in [0.2, 0.25) is 5.02 Å². The number of hydrogen-bond acceptors (Lipinski definition) is 4. The van der Waals surface area contributed by atoms with Crippen LogP contribution >= 0.6 is 11.6 Å². The zero-order valence-electron chi connectivity index (χ0n) is 12.9. The number of benzene rings is 1. The average molecular weight is 315 g/mol. The number of carbonyl (C=O) groups excluding carboxylic acids is 1. The summed E-state index contributed by atoms with van der Waals surface area (Å²) < 4.78 is 16.0. The van der Waals surface area contributed by atoms with Gasteiger partial charge in [0.1, 0.15) is 12.4 Å². The van der Waals surface area contributed by atoms with Crippen LogP contribution in [0.3, 0.4) is 0 Å². The van der Waals surface area contributed by atoms with Gasteiger partial charge in [0.25, 0.3) is 0 Å². The van der Waals surface area contributed by atoms with Gasteiger partial charge < -0.3 is 14.2 Å². The summed E-state index contributed by atoms with van der Waals surface area (Å²) in [6.45, 7) is 6.99. The summed E-state index contributed by atoms with van der Waals surface area (Å²) >= 11 is 5.88. The number of carbonyl (C=O) groups is 1. The minimum Gasteiger partial charge on any atom is -0.479 e. The summed E-state index contributed by atoms with van der Waals surface area (Å²) in [5.74, 6) is 0.228. The lowest BCUT2D eigenvalue weighted by Gasteiger charge is -2.15. The van der Waals surface area contributed by atoms with E-state index in [0.29, 0.717) is 24.0 Å². The van der Waals surface area contributed by atoms with E-state index in [1.54, 1.807) is 25.1 Å². The van der Waals surface area contributed by atoms with Gasteiger partial charge in [-0.05, 0) is 44.0 Å². The van der Waals surface area contributed by atoms with Crippen LogP contribution in [0.15, 0.2) is 18.2 Å². The van der Waals surface area contributed by atoms with Crippen LogP contribution in [0.5, 0.6) is 5.75 Å². The van der Waals surface area contributed by atoms with Gasteiger partial charge in [-0.3, -0.25) is 0 Å². The number of rotatable bonds is 9. The summed E-state index contributed by atoms with van der Waals surface area (Å²) in [6, 6.07) is 5.26. The third kappa shape index (κ3) is 6.82. The predicted octanol–water partition coefficient (Wildman–Crippen LogP) is 3.78. The molecule has 21 heavy (non-hydrogen) atoms. The Labute approximate surface area is 131 Å². The molecule has 1 atom stereocenters. The second-order valence-corrected chi connectivity index (χ2v) is 5.24. The maximum Gasteiger partial charge on any atom is 0.347 e. The summed E-state index contributed by atoms with van der Waals surface area (Å²) in [5, 5.41) is 0.638. The normalized spacial score (nSPS) is 12.0. The highest BCUT2D eigenvalue weighted by Crippen LogP contribution is 2.22. The summed E-state index contributed by atoms with van der Waals surface area (Å²) in [6.07, 6.45) is 1.44. The van der Waals surface area contributed by atoms with Crippen LogP contribution in [-0.2, 0) is 14.3 Å². The molecule has 118 valence electrons. The fraction of sp³-hybridized carbons (Fsp3) is 0.562. The lowest BCUT2D eigenvalue weighted by atomic mass is 10.2. The van der Waals surface area contributed by atoms with E-state index < -0.39 is 12.1 Å². The van der Waals surface area contributed by atoms with E-state index in [4.69, 9.17) is 25.8 Å². The Morgan fingerprint density at radius 2 is 2.05 bits per heavy atom. The summed E-state index contributed by atoms with van der Waals surface area (Å²) in [7, 11) is 0. The molecule has 0 aliphatic carbocycles. The second kappa shape index (κ2) is 9.64. The molecule has 0 radical (unpaired) electrons. The lowest BCUT2D eigenvalue weighted by molar-refractivity contribution is -0.152. The second-order valence-electron chi connectivity index (χ2n) is 4.80. The van der Waals surface area contributed by atoms with Gasteiger partial charge in [-0.2, -0.15) is 0 Å². The van der Waals surface area contributed by atoms with Gasteiger partial charge in [0, 0.05) is 11.6 Å². The quantitative estimate of drug-likeness (QED) is 0.514. The summed E-state index contributed by atoms with van der Waals surface area (Å²) in [5.41, 5.74) is 0.880. The highest BCUT2D eigenvalue weighted by molar-refractivity contribution is 6.30. The van der Waals surface area contributed by atoms with Gasteiger partial charge in [-0.15, -0.1) is 0 Å². The van der Waals surface area contributed by atoms with E-state index in [9.17, 15) is 4.79 Å². The van der Waals surface area contributed by atoms with Crippen molar-refractivity contribution in [1.82, 2.24) is 0 Å². The van der Waals surface area contributed by atoms with Crippen LogP contribution in [0.25, 0.3) is 0 Å². The Balaban J connectivity index is 2.30. The maximum atomic E-state index is 11.8. The Morgan fingerprint density at radius 1 is 1.29 bits per heavy atom. The van der Waals surface area contributed by atoms with Gasteiger partial charge in [-0.1, -0.05) is 24.9 Å². The van der Waals surface area contributed by atoms with Gasteiger partial charge in [0.05, 0.1) is 6.61 Å². The van der Waals surface area contributed by atoms with E-state index >= 15 is 0 Å². The summed E-state index contributed by atoms with van der Waals surface area (Å²) in [4.78, 5) is 11.8. The number of halogens is 1. The molecule has 0 aliphatic heterocycles. The molecule has 0 N–H and O–H groups in total.